The Bertz CT molecular complexity index is 660. The number of benzene rings is 1. The molecule has 0 N–H and O–H groups in total. The predicted octanol–water partition coefficient (Wildman–Crippen LogP) is 4.65. The molecule has 0 saturated carbocycles. The van der Waals surface area contributed by atoms with Gasteiger partial charge in [-0.2, -0.15) is 13.2 Å². The number of rotatable bonds is 6. The summed E-state index contributed by atoms with van der Waals surface area (Å²) in [7, 11) is 0. The van der Waals surface area contributed by atoms with Crippen LogP contribution in [0.3, 0.4) is 0 Å². The van der Waals surface area contributed by atoms with Crippen LogP contribution in [-0.2, 0) is 0 Å². The molecule has 0 aliphatic heterocycles. The number of alkyl halides is 3. The summed E-state index contributed by atoms with van der Waals surface area (Å²) in [6.45, 7) is 1.57. The van der Waals surface area contributed by atoms with Gasteiger partial charge in [0.05, 0.1) is 6.42 Å². The van der Waals surface area contributed by atoms with E-state index in [1.54, 1.807) is 37.4 Å². The maximum Gasteiger partial charge on any atom is 0.390 e. The lowest BCUT2D eigenvalue weighted by Gasteiger charge is -2.21. The largest absolute Gasteiger partial charge is 0.390 e. The molecule has 0 bridgehead atoms. The number of aromatic nitrogens is 1. The van der Waals surface area contributed by atoms with E-state index in [-0.39, 0.29) is 13.1 Å². The molecule has 2 rings (SSSR count). The number of halogens is 3. The van der Waals surface area contributed by atoms with E-state index in [1.165, 1.54) is 16.7 Å². The van der Waals surface area contributed by atoms with E-state index in [0.717, 1.165) is 9.92 Å². The monoisotopic (exact) mass is 354 g/mol. The lowest BCUT2D eigenvalue weighted by atomic mass is 10.2. The zero-order chi connectivity index (χ0) is 17.6. The standard InChI is InChI=1S/C17H17F3N2OS/c1-2-22(12-10-17(18,19)20)16(23)13-6-8-14(9-7-13)24-15-5-3-4-11-21-15/h3-9,11H,2,10,12H2,1H3. The van der Waals surface area contributed by atoms with Crippen LogP contribution >= 0.6 is 11.8 Å². The summed E-state index contributed by atoms with van der Waals surface area (Å²) in [6.07, 6.45) is -3.57. The molecule has 3 nitrogen and oxygen atoms in total. The molecule has 0 saturated heterocycles. The van der Waals surface area contributed by atoms with E-state index in [0.29, 0.717) is 5.56 Å². The molecule has 1 aromatic carbocycles. The fraction of sp³-hybridized carbons (Fsp3) is 0.294. The second-order valence-electron chi connectivity index (χ2n) is 5.04. The summed E-state index contributed by atoms with van der Waals surface area (Å²) in [4.78, 5) is 18.6. The maximum absolute atomic E-state index is 12.3. The third-order valence-electron chi connectivity index (χ3n) is 3.30. The molecule has 0 aliphatic carbocycles. The molecule has 128 valence electrons. The van der Waals surface area contributed by atoms with Gasteiger partial charge in [-0.05, 0) is 43.3 Å². The lowest BCUT2D eigenvalue weighted by molar-refractivity contribution is -0.136. The normalized spacial score (nSPS) is 11.3. The minimum Gasteiger partial charge on any atom is -0.339 e. The number of carbonyl (C=O) groups excluding carboxylic acids is 1. The maximum atomic E-state index is 12.3. The third-order valence-corrected chi connectivity index (χ3v) is 4.25. The molecule has 0 spiro atoms. The van der Waals surface area contributed by atoms with Gasteiger partial charge in [-0.1, -0.05) is 17.8 Å². The van der Waals surface area contributed by atoms with Crippen LogP contribution in [0.15, 0.2) is 58.6 Å². The summed E-state index contributed by atoms with van der Waals surface area (Å²) in [5.41, 5.74) is 0.379. The second kappa shape index (κ2) is 8.19. The number of hydrogen-bond donors (Lipinski definition) is 0. The van der Waals surface area contributed by atoms with Crippen LogP contribution in [0, 0.1) is 0 Å². The Kier molecular flexibility index (Phi) is 6.25. The lowest BCUT2D eigenvalue weighted by Crippen LogP contribution is -2.34. The Labute approximate surface area is 142 Å². The first-order valence-electron chi connectivity index (χ1n) is 7.44. The summed E-state index contributed by atoms with van der Waals surface area (Å²) in [5.74, 6) is -0.392. The Morgan fingerprint density at radius 1 is 1.17 bits per heavy atom. The van der Waals surface area contributed by atoms with Crippen molar-refractivity contribution in [3.05, 3.63) is 54.2 Å². The molecule has 2 aromatic rings. The number of amides is 1. The van der Waals surface area contributed by atoms with E-state index in [1.807, 2.05) is 18.2 Å². The number of hydrogen-bond acceptors (Lipinski definition) is 3. The minimum absolute atomic E-state index is 0.235. The van der Waals surface area contributed by atoms with Gasteiger partial charge in [-0.15, -0.1) is 0 Å². The first-order valence-corrected chi connectivity index (χ1v) is 8.25. The highest BCUT2D eigenvalue weighted by atomic mass is 32.2. The Morgan fingerprint density at radius 3 is 2.42 bits per heavy atom. The van der Waals surface area contributed by atoms with Crippen molar-refractivity contribution in [3.8, 4) is 0 Å². The molecule has 0 aliphatic rings. The van der Waals surface area contributed by atoms with Gasteiger partial charge in [-0.3, -0.25) is 4.79 Å². The zero-order valence-corrected chi connectivity index (χ0v) is 13.9. The molecule has 0 atom stereocenters. The molecule has 1 heterocycles. The summed E-state index contributed by atoms with van der Waals surface area (Å²) in [6, 6.07) is 12.4. The highest BCUT2D eigenvalue weighted by molar-refractivity contribution is 7.99. The summed E-state index contributed by atoms with van der Waals surface area (Å²) < 4.78 is 37.0. The van der Waals surface area contributed by atoms with E-state index < -0.39 is 18.5 Å². The first-order chi connectivity index (χ1) is 11.4. The van der Waals surface area contributed by atoms with Crippen molar-refractivity contribution >= 4 is 17.7 Å². The Balaban J connectivity index is 2.01. The molecule has 0 fully saturated rings. The second-order valence-corrected chi connectivity index (χ2v) is 6.14. The Morgan fingerprint density at radius 2 is 1.88 bits per heavy atom. The van der Waals surface area contributed by atoms with Gasteiger partial charge >= 0.3 is 6.18 Å². The SMILES string of the molecule is CCN(CCC(F)(F)F)C(=O)c1ccc(Sc2ccccn2)cc1. The quantitative estimate of drug-likeness (QED) is 0.757. The van der Waals surface area contributed by atoms with Crippen molar-refractivity contribution in [2.45, 2.75) is 29.4 Å². The van der Waals surface area contributed by atoms with Crippen molar-refractivity contribution in [1.82, 2.24) is 9.88 Å². The van der Waals surface area contributed by atoms with Crippen LogP contribution in [0.25, 0.3) is 0 Å². The zero-order valence-electron chi connectivity index (χ0n) is 13.1. The molecule has 0 unspecified atom stereocenters. The van der Waals surface area contributed by atoms with Crippen molar-refractivity contribution in [2.75, 3.05) is 13.1 Å². The minimum atomic E-state index is -4.27. The molecule has 0 radical (unpaired) electrons. The third kappa shape index (κ3) is 5.56. The first kappa shape index (κ1) is 18.3. The molecule has 1 aromatic heterocycles. The van der Waals surface area contributed by atoms with Gasteiger partial charge in [0.15, 0.2) is 0 Å². The highest BCUT2D eigenvalue weighted by Crippen LogP contribution is 2.26. The summed E-state index contributed by atoms with van der Waals surface area (Å²) >= 11 is 1.45. The van der Waals surface area contributed by atoms with Crippen LogP contribution in [0.5, 0.6) is 0 Å². The van der Waals surface area contributed by atoms with Crippen molar-refractivity contribution in [3.63, 3.8) is 0 Å². The van der Waals surface area contributed by atoms with Crippen molar-refractivity contribution in [1.29, 1.82) is 0 Å². The van der Waals surface area contributed by atoms with E-state index >= 15 is 0 Å². The fourth-order valence-corrected chi connectivity index (χ4v) is 2.82. The Hall–Kier alpha value is -2.02. The fourth-order valence-electron chi connectivity index (χ4n) is 2.04. The average Bonchev–Trinajstić information content (AvgIpc) is 2.56. The van der Waals surface area contributed by atoms with Crippen molar-refractivity contribution in [2.24, 2.45) is 0 Å². The van der Waals surface area contributed by atoms with E-state index in [2.05, 4.69) is 4.98 Å². The van der Waals surface area contributed by atoms with Crippen LogP contribution in [0.2, 0.25) is 0 Å². The molecule has 1 amide bonds. The number of pyridine rings is 1. The van der Waals surface area contributed by atoms with Crippen LogP contribution in [0.4, 0.5) is 13.2 Å². The smallest absolute Gasteiger partial charge is 0.339 e. The van der Waals surface area contributed by atoms with Gasteiger partial charge < -0.3 is 4.90 Å². The average molecular weight is 354 g/mol. The topological polar surface area (TPSA) is 33.2 Å². The molecular weight excluding hydrogens is 337 g/mol. The van der Waals surface area contributed by atoms with Crippen LogP contribution < -0.4 is 0 Å². The number of nitrogens with zero attached hydrogens (tertiary/aromatic N) is 2. The van der Waals surface area contributed by atoms with Gasteiger partial charge in [0, 0.05) is 29.7 Å². The van der Waals surface area contributed by atoms with Crippen LogP contribution in [0.1, 0.15) is 23.7 Å². The molecule has 24 heavy (non-hydrogen) atoms. The molecular formula is C17H17F3N2OS. The van der Waals surface area contributed by atoms with E-state index in [4.69, 9.17) is 0 Å². The van der Waals surface area contributed by atoms with Gasteiger partial charge in [0.25, 0.3) is 5.91 Å². The molecule has 7 heteroatoms. The van der Waals surface area contributed by atoms with E-state index in [9.17, 15) is 18.0 Å². The highest BCUT2D eigenvalue weighted by Gasteiger charge is 2.28. The van der Waals surface area contributed by atoms with Gasteiger partial charge in [0.1, 0.15) is 5.03 Å². The van der Waals surface area contributed by atoms with Gasteiger partial charge in [0.2, 0.25) is 0 Å². The van der Waals surface area contributed by atoms with Gasteiger partial charge in [-0.25, -0.2) is 4.98 Å². The van der Waals surface area contributed by atoms with Crippen LogP contribution in [-0.4, -0.2) is 35.1 Å². The predicted molar refractivity (Wildman–Crippen MR) is 87.1 cm³/mol. The van der Waals surface area contributed by atoms with Crippen molar-refractivity contribution < 1.29 is 18.0 Å². The summed E-state index contributed by atoms with van der Waals surface area (Å²) in [5, 5.41) is 0.830. The number of carbonyl (C=O) groups is 1.